The van der Waals surface area contributed by atoms with Gasteiger partial charge in [0, 0.05) is 18.5 Å². The monoisotopic (exact) mass is 370 g/mol. The summed E-state index contributed by atoms with van der Waals surface area (Å²) in [6, 6.07) is -0.390. The summed E-state index contributed by atoms with van der Waals surface area (Å²) in [5.41, 5.74) is -0.172. The molecule has 0 aromatic carbocycles. The molecule has 1 N–H and O–H groups in total. The van der Waals surface area contributed by atoms with Gasteiger partial charge in [-0.25, -0.2) is 0 Å². The lowest BCUT2D eigenvalue weighted by Gasteiger charge is -2.54. The molecular formula is C12H24BIO4. The third kappa shape index (κ3) is 3.20. The Morgan fingerprint density at radius 2 is 2.11 bits per heavy atom. The summed E-state index contributed by atoms with van der Waals surface area (Å²) >= 11 is 1.93. The van der Waals surface area contributed by atoms with Gasteiger partial charge in [0.25, 0.3) is 0 Å². The largest absolute Gasteiger partial charge is 0.402 e. The molecule has 4 atom stereocenters. The van der Waals surface area contributed by atoms with Crippen molar-refractivity contribution in [2.75, 3.05) is 20.3 Å². The van der Waals surface area contributed by atoms with E-state index in [2.05, 4.69) is 20.8 Å². The van der Waals surface area contributed by atoms with Gasteiger partial charge in [0.15, 0.2) is 0 Å². The van der Waals surface area contributed by atoms with Crippen LogP contribution in [0.15, 0.2) is 0 Å². The van der Waals surface area contributed by atoms with Crippen LogP contribution in [0.1, 0.15) is 27.2 Å². The lowest BCUT2D eigenvalue weighted by molar-refractivity contribution is -0.226. The van der Waals surface area contributed by atoms with E-state index in [1.807, 2.05) is 23.0 Å². The van der Waals surface area contributed by atoms with Crippen LogP contribution in [0, 0.1) is 10.8 Å². The fourth-order valence-electron chi connectivity index (χ4n) is 2.69. The summed E-state index contributed by atoms with van der Waals surface area (Å²) in [6.07, 6.45) is 0.427. The number of aliphatic hydroxyl groups excluding tert-OH is 1. The number of aliphatic hydroxyl groups is 1. The molecular weight excluding hydrogens is 346 g/mol. The van der Waals surface area contributed by atoms with E-state index in [4.69, 9.17) is 12.5 Å². The van der Waals surface area contributed by atoms with Gasteiger partial charge in [-0.1, -0.05) is 20.8 Å². The molecule has 2 unspecified atom stereocenters. The van der Waals surface area contributed by atoms with Gasteiger partial charge in [0.05, 0.1) is 25.4 Å². The van der Waals surface area contributed by atoms with Crippen LogP contribution in [0.4, 0.5) is 0 Å². The maximum atomic E-state index is 9.58. The summed E-state index contributed by atoms with van der Waals surface area (Å²) in [7, 11) is 3.48. The number of rotatable bonds is 5. The Labute approximate surface area is 125 Å². The van der Waals surface area contributed by atoms with Crippen molar-refractivity contribution in [3.8, 4) is 0 Å². The summed E-state index contributed by atoms with van der Waals surface area (Å²) in [4.78, 5) is 0. The van der Waals surface area contributed by atoms with Gasteiger partial charge in [0.2, 0.25) is 0 Å². The molecule has 4 nitrogen and oxygen atoms in total. The first-order valence-electron chi connectivity index (χ1n) is 6.34. The van der Waals surface area contributed by atoms with E-state index in [9.17, 15) is 5.11 Å². The third-order valence-corrected chi connectivity index (χ3v) is 4.66. The average molecular weight is 370 g/mol. The van der Waals surface area contributed by atoms with Gasteiger partial charge in [-0.3, -0.25) is 0 Å². The quantitative estimate of drug-likeness (QED) is 0.583. The number of hydrogen-bond donors (Lipinski definition) is 1. The molecule has 1 rings (SSSR count). The minimum absolute atomic E-state index is 0.0337. The molecule has 1 fully saturated rings. The predicted molar refractivity (Wildman–Crippen MR) is 81.6 cm³/mol. The van der Waals surface area contributed by atoms with Crippen molar-refractivity contribution >= 4 is 30.9 Å². The van der Waals surface area contributed by atoms with Crippen molar-refractivity contribution in [3.05, 3.63) is 0 Å². The minimum Gasteiger partial charge on any atom is -0.402 e. The number of hydrogen-bond acceptors (Lipinski definition) is 4. The van der Waals surface area contributed by atoms with Crippen LogP contribution in [0.5, 0.6) is 0 Å². The highest BCUT2D eigenvalue weighted by molar-refractivity contribution is 14.1. The Hall–Kier alpha value is 0.635. The lowest BCUT2D eigenvalue weighted by Crippen LogP contribution is -2.60. The zero-order valence-corrected chi connectivity index (χ0v) is 14.1. The minimum atomic E-state index is -0.390. The number of ether oxygens (including phenoxy) is 2. The number of halogens is 1. The predicted octanol–water partition coefficient (Wildman–Crippen LogP) is 1.14. The maximum absolute atomic E-state index is 9.58. The van der Waals surface area contributed by atoms with Gasteiger partial charge in [0.1, 0.15) is 30.9 Å². The highest BCUT2D eigenvalue weighted by Gasteiger charge is 2.54. The molecule has 6 heteroatoms. The van der Waals surface area contributed by atoms with Crippen LogP contribution in [-0.2, 0) is 12.5 Å². The molecule has 0 spiro atoms. The second-order valence-electron chi connectivity index (χ2n) is 6.15. The van der Waals surface area contributed by atoms with Crippen molar-refractivity contribution in [3.63, 3.8) is 0 Å². The molecule has 18 heavy (non-hydrogen) atoms. The Bertz CT molecular complexity index is 275. The molecule has 1 aliphatic heterocycles. The van der Waals surface area contributed by atoms with Crippen molar-refractivity contribution in [2.45, 2.75) is 45.4 Å². The summed E-state index contributed by atoms with van der Waals surface area (Å²) < 4.78 is 17.0. The Kier molecular flexibility index (Phi) is 5.92. The molecule has 1 aliphatic rings. The molecule has 106 valence electrons. The molecule has 0 radical (unpaired) electrons. The Morgan fingerprint density at radius 1 is 1.50 bits per heavy atom. The van der Waals surface area contributed by atoms with E-state index < -0.39 is 6.00 Å². The van der Waals surface area contributed by atoms with Gasteiger partial charge in [-0.05, 0) is 11.8 Å². The average Bonchev–Trinajstić information content (AvgIpc) is 2.24. The molecule has 1 saturated heterocycles. The van der Waals surface area contributed by atoms with Crippen LogP contribution in [0.3, 0.4) is 0 Å². The van der Waals surface area contributed by atoms with Gasteiger partial charge >= 0.3 is 0 Å². The van der Waals surface area contributed by atoms with Gasteiger partial charge < -0.3 is 17.6 Å². The maximum Gasteiger partial charge on any atom is 0.138 e. The fourth-order valence-corrected chi connectivity index (χ4v) is 3.34. The van der Waals surface area contributed by atoms with Crippen LogP contribution in [0.2, 0.25) is 0 Å². The second kappa shape index (κ2) is 6.39. The van der Waals surface area contributed by atoms with Crippen LogP contribution in [-0.4, -0.2) is 51.5 Å². The summed E-state index contributed by atoms with van der Waals surface area (Å²) in [5, 5.41) is 9.58. The topological polar surface area (TPSA) is 47.9 Å². The van der Waals surface area contributed by atoms with Crippen LogP contribution >= 0.6 is 23.0 Å². The van der Waals surface area contributed by atoms with Crippen LogP contribution < -0.4 is 0 Å². The SMILES string of the molecule is BC(O)CC1OCC(C)(C)[C@](C)(COI)[C@H]1OC. The summed E-state index contributed by atoms with van der Waals surface area (Å²) in [6.45, 7) is 7.79. The van der Waals surface area contributed by atoms with Crippen molar-refractivity contribution < 1.29 is 17.6 Å². The van der Waals surface area contributed by atoms with Crippen molar-refractivity contribution in [1.82, 2.24) is 0 Å². The second-order valence-corrected chi connectivity index (χ2v) is 6.77. The first-order valence-corrected chi connectivity index (χ1v) is 7.22. The lowest BCUT2D eigenvalue weighted by atomic mass is 9.61. The van der Waals surface area contributed by atoms with E-state index in [1.165, 1.54) is 0 Å². The zero-order chi connectivity index (χ0) is 14.0. The molecule has 0 aliphatic carbocycles. The molecule has 0 aromatic rings. The first kappa shape index (κ1) is 16.7. The molecule has 0 aromatic heterocycles. The standard InChI is InChI=1S/C12H24BIO4/c1-11(2)6-17-8(5-9(13)15)10(16-4)12(11,3)7-18-14/h8-10,15H,5-7,13H2,1-4H3/t8?,9?,10-,12+/m0/s1. The highest BCUT2D eigenvalue weighted by atomic mass is 127. The van der Waals surface area contributed by atoms with Gasteiger partial charge in [-0.2, -0.15) is 0 Å². The van der Waals surface area contributed by atoms with Crippen LogP contribution in [0.25, 0.3) is 0 Å². The van der Waals surface area contributed by atoms with E-state index in [-0.39, 0.29) is 23.0 Å². The van der Waals surface area contributed by atoms with Crippen molar-refractivity contribution in [2.24, 2.45) is 10.8 Å². The molecule has 0 bridgehead atoms. The Balaban J connectivity index is 2.98. The molecule has 1 heterocycles. The Morgan fingerprint density at radius 3 is 2.56 bits per heavy atom. The van der Waals surface area contributed by atoms with Gasteiger partial charge in [-0.15, -0.1) is 0 Å². The third-order valence-electron chi connectivity index (χ3n) is 4.35. The highest BCUT2D eigenvalue weighted by Crippen LogP contribution is 2.49. The van der Waals surface area contributed by atoms with E-state index in [1.54, 1.807) is 15.0 Å². The first-order chi connectivity index (χ1) is 8.28. The van der Waals surface area contributed by atoms with E-state index in [0.717, 1.165) is 0 Å². The molecule has 0 saturated carbocycles. The summed E-state index contributed by atoms with van der Waals surface area (Å²) in [5.74, 6) is 0. The molecule has 0 amide bonds. The van der Waals surface area contributed by atoms with E-state index in [0.29, 0.717) is 19.6 Å². The van der Waals surface area contributed by atoms with E-state index >= 15 is 0 Å². The smallest absolute Gasteiger partial charge is 0.138 e. The fraction of sp³-hybridized carbons (Fsp3) is 1.00. The number of methoxy groups -OCH3 is 1. The zero-order valence-electron chi connectivity index (χ0n) is 11.9. The normalized spacial score (nSPS) is 37.4. The van der Waals surface area contributed by atoms with Crippen molar-refractivity contribution in [1.29, 1.82) is 0 Å².